The molecule has 0 saturated heterocycles. The van der Waals surface area contributed by atoms with E-state index in [-0.39, 0.29) is 17.6 Å². The van der Waals surface area contributed by atoms with E-state index in [1.807, 2.05) is 18.2 Å². The van der Waals surface area contributed by atoms with Crippen LogP contribution in [0.25, 0.3) is 0 Å². The molecule has 1 aromatic heterocycles. The number of hydrogen-bond donors (Lipinski definition) is 1. The number of carbonyl (C=O) groups excluding carboxylic acids is 2. The van der Waals surface area contributed by atoms with Crippen LogP contribution >= 0.6 is 0 Å². The summed E-state index contributed by atoms with van der Waals surface area (Å²) in [6.07, 6.45) is 1.35. The smallest absolute Gasteiger partial charge is 0.339 e. The van der Waals surface area contributed by atoms with Gasteiger partial charge in [0.05, 0.1) is 18.7 Å². The van der Waals surface area contributed by atoms with Crippen molar-refractivity contribution in [3.63, 3.8) is 0 Å². The van der Waals surface area contributed by atoms with E-state index in [4.69, 9.17) is 0 Å². The lowest BCUT2D eigenvalue weighted by molar-refractivity contribution is 0.0599. The zero-order chi connectivity index (χ0) is 18.9. The third-order valence-corrected chi connectivity index (χ3v) is 4.31. The van der Waals surface area contributed by atoms with Crippen LogP contribution in [0, 0.1) is 0 Å². The van der Waals surface area contributed by atoms with Crippen LogP contribution in [0.2, 0.25) is 0 Å². The Morgan fingerprint density at radius 2 is 1.81 bits per heavy atom. The monoisotopic (exact) mass is 355 g/mol. The molecular weight excluding hydrogens is 330 g/mol. The molecule has 6 nitrogen and oxygen atoms in total. The van der Waals surface area contributed by atoms with Crippen LogP contribution in [-0.4, -0.2) is 48.5 Å². The molecule has 0 fully saturated rings. The minimum Gasteiger partial charge on any atom is -0.465 e. The van der Waals surface area contributed by atoms with Crippen LogP contribution < -0.4 is 5.32 Å². The quantitative estimate of drug-likeness (QED) is 0.737. The van der Waals surface area contributed by atoms with Crippen LogP contribution in [0.4, 0.5) is 0 Å². The molecule has 1 amide bonds. The van der Waals surface area contributed by atoms with E-state index in [0.717, 1.165) is 18.7 Å². The summed E-state index contributed by atoms with van der Waals surface area (Å²) in [5, 5.41) is 2.95. The first-order valence-corrected chi connectivity index (χ1v) is 8.72. The van der Waals surface area contributed by atoms with Gasteiger partial charge < -0.3 is 10.1 Å². The van der Waals surface area contributed by atoms with Gasteiger partial charge in [-0.3, -0.25) is 14.7 Å². The second-order valence-electron chi connectivity index (χ2n) is 5.78. The van der Waals surface area contributed by atoms with Crippen molar-refractivity contribution in [3.8, 4) is 0 Å². The molecule has 1 unspecified atom stereocenters. The van der Waals surface area contributed by atoms with Crippen molar-refractivity contribution in [2.75, 3.05) is 26.7 Å². The lowest BCUT2D eigenvalue weighted by Gasteiger charge is -2.30. The Morgan fingerprint density at radius 1 is 1.12 bits per heavy atom. The molecule has 6 heteroatoms. The lowest BCUT2D eigenvalue weighted by atomic mass is 10.0. The first kappa shape index (κ1) is 19.6. The average Bonchev–Trinajstić information content (AvgIpc) is 2.71. The number of aromatic nitrogens is 1. The molecular formula is C20H25N3O3. The maximum Gasteiger partial charge on any atom is 0.339 e. The zero-order valence-corrected chi connectivity index (χ0v) is 15.4. The van der Waals surface area contributed by atoms with Gasteiger partial charge in [0.25, 0.3) is 5.91 Å². The van der Waals surface area contributed by atoms with Gasteiger partial charge in [0, 0.05) is 12.7 Å². The van der Waals surface area contributed by atoms with E-state index in [2.05, 4.69) is 45.9 Å². The van der Waals surface area contributed by atoms with Crippen molar-refractivity contribution in [2.45, 2.75) is 19.9 Å². The molecule has 0 saturated carbocycles. The fraction of sp³-hybridized carbons (Fsp3) is 0.350. The van der Waals surface area contributed by atoms with Gasteiger partial charge in [-0.15, -0.1) is 0 Å². The van der Waals surface area contributed by atoms with E-state index >= 15 is 0 Å². The van der Waals surface area contributed by atoms with E-state index in [1.54, 1.807) is 0 Å². The SMILES string of the molecule is CCN(CC)C(CNC(=O)c1ccc(C(=O)OC)cn1)c1ccccc1. The zero-order valence-electron chi connectivity index (χ0n) is 15.4. The van der Waals surface area contributed by atoms with Gasteiger partial charge in [-0.25, -0.2) is 4.79 Å². The second kappa shape index (κ2) is 9.68. The van der Waals surface area contributed by atoms with Gasteiger partial charge in [-0.1, -0.05) is 44.2 Å². The number of rotatable bonds is 8. The summed E-state index contributed by atoms with van der Waals surface area (Å²) in [5.41, 5.74) is 1.74. The molecule has 1 aromatic carbocycles. The highest BCUT2D eigenvalue weighted by atomic mass is 16.5. The third-order valence-electron chi connectivity index (χ3n) is 4.31. The standard InChI is InChI=1S/C20H25N3O3/c1-4-23(5-2)18(15-9-7-6-8-10-15)14-22-19(24)17-12-11-16(13-21-17)20(25)26-3/h6-13,18H,4-5,14H2,1-3H3,(H,22,24). The Balaban J connectivity index is 2.08. The Hall–Kier alpha value is -2.73. The number of hydrogen-bond acceptors (Lipinski definition) is 5. The fourth-order valence-electron chi connectivity index (χ4n) is 2.84. The van der Waals surface area contributed by atoms with E-state index in [0.29, 0.717) is 12.1 Å². The minimum atomic E-state index is -0.477. The summed E-state index contributed by atoms with van der Waals surface area (Å²) in [6.45, 7) is 6.46. The van der Waals surface area contributed by atoms with E-state index in [9.17, 15) is 9.59 Å². The van der Waals surface area contributed by atoms with Crippen molar-refractivity contribution >= 4 is 11.9 Å². The molecule has 0 aliphatic rings. The van der Waals surface area contributed by atoms with Gasteiger partial charge >= 0.3 is 5.97 Å². The van der Waals surface area contributed by atoms with Gasteiger partial charge in [0.1, 0.15) is 5.69 Å². The maximum atomic E-state index is 12.4. The Morgan fingerprint density at radius 3 is 2.35 bits per heavy atom. The highest BCUT2D eigenvalue weighted by Gasteiger charge is 2.19. The van der Waals surface area contributed by atoms with Gasteiger partial charge in [0.15, 0.2) is 0 Å². The summed E-state index contributed by atoms with van der Waals surface area (Å²) in [6, 6.07) is 13.3. The molecule has 2 rings (SSSR count). The topological polar surface area (TPSA) is 71.5 Å². The van der Waals surface area contributed by atoms with Crippen molar-refractivity contribution in [2.24, 2.45) is 0 Å². The number of ether oxygens (including phenoxy) is 1. The summed E-state index contributed by atoms with van der Waals surface area (Å²) in [5.74, 6) is -0.746. The van der Waals surface area contributed by atoms with Gasteiger partial charge in [-0.05, 0) is 30.8 Å². The Bertz CT molecular complexity index is 713. The molecule has 1 N–H and O–H groups in total. The number of nitrogens with zero attached hydrogens (tertiary/aromatic N) is 2. The number of likely N-dealkylation sites (N-methyl/N-ethyl adjacent to an activating group) is 1. The molecule has 0 aliphatic heterocycles. The number of pyridine rings is 1. The van der Waals surface area contributed by atoms with E-state index < -0.39 is 5.97 Å². The number of carbonyl (C=O) groups is 2. The summed E-state index contributed by atoms with van der Waals surface area (Å²) in [7, 11) is 1.31. The number of nitrogens with one attached hydrogen (secondary N) is 1. The largest absolute Gasteiger partial charge is 0.465 e. The first-order valence-electron chi connectivity index (χ1n) is 8.72. The van der Waals surface area contributed by atoms with Crippen molar-refractivity contribution in [1.29, 1.82) is 0 Å². The summed E-state index contributed by atoms with van der Waals surface area (Å²) < 4.78 is 4.63. The summed E-state index contributed by atoms with van der Waals surface area (Å²) in [4.78, 5) is 30.2. The molecule has 1 atom stereocenters. The number of benzene rings is 1. The first-order chi connectivity index (χ1) is 12.6. The predicted molar refractivity (Wildman–Crippen MR) is 100 cm³/mol. The summed E-state index contributed by atoms with van der Waals surface area (Å²) >= 11 is 0. The molecule has 2 aromatic rings. The molecule has 1 heterocycles. The molecule has 0 aliphatic carbocycles. The average molecular weight is 355 g/mol. The lowest BCUT2D eigenvalue weighted by Crippen LogP contribution is -2.38. The van der Waals surface area contributed by atoms with Crippen LogP contribution in [0.15, 0.2) is 48.7 Å². The van der Waals surface area contributed by atoms with Crippen LogP contribution in [0.3, 0.4) is 0 Å². The molecule has 0 spiro atoms. The second-order valence-corrected chi connectivity index (χ2v) is 5.78. The number of methoxy groups -OCH3 is 1. The van der Waals surface area contributed by atoms with Crippen molar-refractivity contribution < 1.29 is 14.3 Å². The normalized spacial score (nSPS) is 11.8. The van der Waals surface area contributed by atoms with Gasteiger partial charge in [-0.2, -0.15) is 0 Å². The Kier molecular flexibility index (Phi) is 7.29. The third kappa shape index (κ3) is 4.89. The molecule has 26 heavy (non-hydrogen) atoms. The Labute approximate surface area is 154 Å². The maximum absolute atomic E-state index is 12.4. The predicted octanol–water partition coefficient (Wildman–Crippen LogP) is 2.68. The van der Waals surface area contributed by atoms with E-state index in [1.165, 1.54) is 25.4 Å². The fourth-order valence-corrected chi connectivity index (χ4v) is 2.84. The molecule has 0 radical (unpaired) electrons. The van der Waals surface area contributed by atoms with Crippen molar-refractivity contribution in [1.82, 2.24) is 15.2 Å². The molecule has 0 bridgehead atoms. The number of esters is 1. The minimum absolute atomic E-state index is 0.0875. The van der Waals surface area contributed by atoms with Gasteiger partial charge in [0.2, 0.25) is 0 Å². The van der Waals surface area contributed by atoms with Crippen molar-refractivity contribution in [3.05, 3.63) is 65.5 Å². The van der Waals surface area contributed by atoms with Crippen LogP contribution in [0.5, 0.6) is 0 Å². The van der Waals surface area contributed by atoms with Crippen LogP contribution in [-0.2, 0) is 4.74 Å². The molecule has 138 valence electrons. The number of amides is 1. The highest BCUT2D eigenvalue weighted by molar-refractivity contribution is 5.94. The van der Waals surface area contributed by atoms with Crippen LogP contribution in [0.1, 0.15) is 46.3 Å². The highest BCUT2D eigenvalue weighted by Crippen LogP contribution is 2.19.